The summed E-state index contributed by atoms with van der Waals surface area (Å²) in [5, 5.41) is 4.14. The molecule has 6 nitrogen and oxygen atoms in total. The highest BCUT2D eigenvalue weighted by Crippen LogP contribution is 2.40. The number of rotatable bonds is 4. The first-order valence-corrected chi connectivity index (χ1v) is 8.41. The van der Waals surface area contributed by atoms with Gasteiger partial charge < -0.3 is 9.09 Å². The molecule has 0 N–H and O–H groups in total. The second kappa shape index (κ2) is 4.65. The highest BCUT2D eigenvalue weighted by molar-refractivity contribution is 5.19. The molecule has 0 amide bonds. The molecule has 5 rings (SSSR count). The molecule has 0 spiro atoms. The van der Waals surface area contributed by atoms with Gasteiger partial charge in [0, 0.05) is 37.2 Å². The first kappa shape index (κ1) is 12.8. The number of aromatic nitrogens is 4. The Morgan fingerprint density at radius 1 is 1.27 bits per heavy atom. The molecule has 1 aliphatic heterocycles. The lowest BCUT2D eigenvalue weighted by Gasteiger charge is -2.30. The van der Waals surface area contributed by atoms with Crippen LogP contribution in [0.5, 0.6) is 0 Å². The lowest BCUT2D eigenvalue weighted by Crippen LogP contribution is -2.33. The molecule has 6 heteroatoms. The van der Waals surface area contributed by atoms with E-state index in [1.807, 2.05) is 6.33 Å². The van der Waals surface area contributed by atoms with Crippen LogP contribution in [0.3, 0.4) is 0 Å². The van der Waals surface area contributed by atoms with Gasteiger partial charge in [-0.15, -0.1) is 0 Å². The fraction of sp³-hybridized carbons (Fsp3) is 0.688. The molecule has 3 heterocycles. The molecule has 0 radical (unpaired) electrons. The molecule has 0 unspecified atom stereocenters. The average molecular weight is 299 g/mol. The van der Waals surface area contributed by atoms with Gasteiger partial charge in [0.15, 0.2) is 5.82 Å². The highest BCUT2D eigenvalue weighted by atomic mass is 16.5. The van der Waals surface area contributed by atoms with Gasteiger partial charge in [-0.25, -0.2) is 4.98 Å². The summed E-state index contributed by atoms with van der Waals surface area (Å²) >= 11 is 0. The Morgan fingerprint density at radius 2 is 2.14 bits per heavy atom. The van der Waals surface area contributed by atoms with Gasteiger partial charge in [-0.1, -0.05) is 5.16 Å². The minimum absolute atomic E-state index is 0.166. The van der Waals surface area contributed by atoms with Crippen LogP contribution in [-0.2, 0) is 13.0 Å². The van der Waals surface area contributed by atoms with Crippen molar-refractivity contribution in [2.75, 3.05) is 6.54 Å². The van der Waals surface area contributed by atoms with E-state index in [0.717, 1.165) is 37.3 Å². The number of hydrogen-bond donors (Lipinski definition) is 0. The molecule has 0 saturated heterocycles. The van der Waals surface area contributed by atoms with Crippen molar-refractivity contribution in [3.63, 3.8) is 0 Å². The van der Waals surface area contributed by atoms with Gasteiger partial charge in [-0.3, -0.25) is 4.90 Å². The maximum absolute atomic E-state index is 5.49. The van der Waals surface area contributed by atoms with Gasteiger partial charge in [-0.05, 0) is 32.6 Å². The second-order valence-electron chi connectivity index (χ2n) is 6.94. The summed E-state index contributed by atoms with van der Waals surface area (Å²) in [4.78, 5) is 11.6. The van der Waals surface area contributed by atoms with Crippen LogP contribution in [0, 0.1) is 0 Å². The van der Waals surface area contributed by atoms with Crippen molar-refractivity contribution >= 4 is 0 Å². The Labute approximate surface area is 129 Å². The Kier molecular flexibility index (Phi) is 2.71. The minimum atomic E-state index is 0.166. The van der Waals surface area contributed by atoms with E-state index < -0.39 is 0 Å². The van der Waals surface area contributed by atoms with Crippen LogP contribution in [-0.4, -0.2) is 31.1 Å². The van der Waals surface area contributed by atoms with Gasteiger partial charge in [0.05, 0.1) is 18.1 Å². The van der Waals surface area contributed by atoms with Gasteiger partial charge in [0.25, 0.3) is 0 Å². The molecule has 22 heavy (non-hydrogen) atoms. The molecule has 1 atom stereocenters. The zero-order valence-corrected chi connectivity index (χ0v) is 12.9. The quantitative estimate of drug-likeness (QED) is 0.868. The molecule has 2 aliphatic carbocycles. The van der Waals surface area contributed by atoms with Crippen molar-refractivity contribution in [3.05, 3.63) is 29.4 Å². The zero-order valence-electron chi connectivity index (χ0n) is 12.9. The van der Waals surface area contributed by atoms with Crippen molar-refractivity contribution in [1.29, 1.82) is 0 Å². The maximum atomic E-state index is 5.49. The van der Waals surface area contributed by atoms with Crippen LogP contribution in [0.4, 0.5) is 0 Å². The van der Waals surface area contributed by atoms with Gasteiger partial charge >= 0.3 is 0 Å². The van der Waals surface area contributed by atoms with Crippen molar-refractivity contribution in [2.45, 2.75) is 63.6 Å². The summed E-state index contributed by atoms with van der Waals surface area (Å²) in [5.74, 6) is 2.21. The van der Waals surface area contributed by atoms with Crippen LogP contribution in [0.25, 0.3) is 0 Å². The Bertz CT molecular complexity index is 697. The van der Waals surface area contributed by atoms with E-state index in [9.17, 15) is 0 Å². The highest BCUT2D eigenvalue weighted by Gasteiger charge is 2.33. The summed E-state index contributed by atoms with van der Waals surface area (Å²) in [6.45, 7) is 4.08. The summed E-state index contributed by atoms with van der Waals surface area (Å²) in [7, 11) is 0. The van der Waals surface area contributed by atoms with Gasteiger partial charge in [0.2, 0.25) is 5.89 Å². The lowest BCUT2D eigenvalue weighted by atomic mass is 10.1. The van der Waals surface area contributed by atoms with E-state index in [1.165, 1.54) is 37.1 Å². The number of hydrogen-bond acceptors (Lipinski definition) is 5. The Balaban J connectivity index is 1.34. The van der Waals surface area contributed by atoms with Crippen LogP contribution in [0.15, 0.2) is 10.9 Å². The topological polar surface area (TPSA) is 60.0 Å². The first-order chi connectivity index (χ1) is 10.8. The minimum Gasteiger partial charge on any atom is -0.338 e. The van der Waals surface area contributed by atoms with Crippen LogP contribution in [0.1, 0.15) is 73.7 Å². The molecule has 2 aromatic heterocycles. The van der Waals surface area contributed by atoms with E-state index >= 15 is 0 Å². The molecular formula is C16H21N5O. The van der Waals surface area contributed by atoms with Crippen molar-refractivity contribution in [3.8, 4) is 0 Å². The van der Waals surface area contributed by atoms with Gasteiger partial charge in [-0.2, -0.15) is 4.98 Å². The molecule has 2 fully saturated rings. The Morgan fingerprint density at radius 3 is 2.91 bits per heavy atom. The maximum Gasteiger partial charge on any atom is 0.243 e. The smallest absolute Gasteiger partial charge is 0.243 e. The molecule has 0 bridgehead atoms. The predicted molar refractivity (Wildman–Crippen MR) is 79.3 cm³/mol. The normalized spacial score (nSPS) is 23.5. The molecule has 0 aromatic carbocycles. The summed E-state index contributed by atoms with van der Waals surface area (Å²) < 4.78 is 7.89. The van der Waals surface area contributed by atoms with Gasteiger partial charge in [0.1, 0.15) is 0 Å². The molecule has 116 valence electrons. The lowest BCUT2D eigenvalue weighted by molar-refractivity contribution is 0.154. The monoisotopic (exact) mass is 299 g/mol. The SMILES string of the molecule is C[C@@H](c1nc(C2CC2)no1)N1CCc2c(ncn2C2CC2)C1. The fourth-order valence-electron chi connectivity index (χ4n) is 3.43. The standard InChI is InChI=1S/C16H21N5O/c1-10(16-18-15(19-22-16)11-2-3-11)20-7-6-14-13(8-20)17-9-21(14)12-4-5-12/h9-12H,2-8H2,1H3/t10-/m0/s1. The van der Waals surface area contributed by atoms with Crippen molar-refractivity contribution in [2.24, 2.45) is 0 Å². The fourth-order valence-corrected chi connectivity index (χ4v) is 3.43. The molecule has 3 aliphatic rings. The van der Waals surface area contributed by atoms with E-state index in [4.69, 9.17) is 4.52 Å². The average Bonchev–Trinajstić information content (AvgIpc) is 3.48. The van der Waals surface area contributed by atoms with Crippen LogP contribution < -0.4 is 0 Å². The third-order valence-corrected chi connectivity index (χ3v) is 5.22. The first-order valence-electron chi connectivity index (χ1n) is 8.41. The third kappa shape index (κ3) is 2.08. The van der Waals surface area contributed by atoms with E-state index in [2.05, 4.69) is 31.5 Å². The number of nitrogens with zero attached hydrogens (tertiary/aromatic N) is 5. The van der Waals surface area contributed by atoms with E-state index in [-0.39, 0.29) is 6.04 Å². The second-order valence-corrected chi connectivity index (χ2v) is 6.94. The number of imidazole rings is 1. The van der Waals surface area contributed by atoms with Crippen LogP contribution in [0.2, 0.25) is 0 Å². The predicted octanol–water partition coefficient (Wildman–Crippen LogP) is 2.60. The van der Waals surface area contributed by atoms with Crippen LogP contribution >= 0.6 is 0 Å². The summed E-state index contributed by atoms with van der Waals surface area (Å²) in [6, 6.07) is 0.886. The van der Waals surface area contributed by atoms with Crippen molar-refractivity contribution < 1.29 is 4.52 Å². The third-order valence-electron chi connectivity index (χ3n) is 5.22. The molecular weight excluding hydrogens is 278 g/mol. The molecule has 2 aromatic rings. The largest absolute Gasteiger partial charge is 0.338 e. The Hall–Kier alpha value is -1.69. The van der Waals surface area contributed by atoms with E-state index in [1.54, 1.807) is 0 Å². The van der Waals surface area contributed by atoms with E-state index in [0.29, 0.717) is 5.92 Å². The molecule has 2 saturated carbocycles. The zero-order chi connectivity index (χ0) is 14.7. The van der Waals surface area contributed by atoms with Crippen molar-refractivity contribution in [1.82, 2.24) is 24.6 Å². The summed E-state index contributed by atoms with van der Waals surface area (Å²) in [5.41, 5.74) is 2.67. The number of fused-ring (bicyclic) bond motifs is 1. The summed E-state index contributed by atoms with van der Waals surface area (Å²) in [6.07, 6.45) is 8.15.